The first kappa shape index (κ1) is 17.8. The van der Waals surface area contributed by atoms with E-state index in [9.17, 15) is 12.9 Å². The van der Waals surface area contributed by atoms with E-state index in [0.29, 0.717) is 17.7 Å². The Kier molecular flexibility index (Phi) is 6.81. The number of rotatable bonds is 4. The van der Waals surface area contributed by atoms with Crippen molar-refractivity contribution in [2.45, 2.75) is 6.92 Å². The molecule has 0 fully saturated rings. The van der Waals surface area contributed by atoms with Crippen LogP contribution in [0, 0.1) is 0 Å². The van der Waals surface area contributed by atoms with E-state index in [1.54, 1.807) is 18.2 Å². The van der Waals surface area contributed by atoms with E-state index < -0.39 is 12.4 Å². The van der Waals surface area contributed by atoms with Crippen molar-refractivity contribution in [1.29, 1.82) is 0 Å². The molecule has 1 nitrogen and oxygen atoms in total. The van der Waals surface area contributed by atoms with Crippen LogP contribution in [0.1, 0.15) is 6.92 Å². The molecule has 2 rings (SSSR count). The largest absolute Gasteiger partial charge is 1.00 e. The third kappa shape index (κ3) is 4.63. The maximum atomic E-state index is 12.6. The Morgan fingerprint density at radius 3 is 2.35 bits per heavy atom. The quantitative estimate of drug-likeness (QED) is 0.601. The van der Waals surface area contributed by atoms with Crippen LogP contribution in [-0.2, 0) is 0 Å². The molecule has 2 aromatic rings. The summed E-state index contributed by atoms with van der Waals surface area (Å²) in [7, 11) is 0. The summed E-state index contributed by atoms with van der Waals surface area (Å²) in [5, 5.41) is 1.30. The van der Waals surface area contributed by atoms with Crippen molar-refractivity contribution in [3.05, 3.63) is 48.6 Å². The fourth-order valence-corrected chi connectivity index (χ4v) is 1.78. The van der Waals surface area contributed by atoms with Gasteiger partial charge in [-0.1, -0.05) is 36.4 Å². The summed E-state index contributed by atoms with van der Waals surface area (Å²) in [5.74, 6) is 0.649. The van der Waals surface area contributed by atoms with Gasteiger partial charge < -0.3 is 17.7 Å². The van der Waals surface area contributed by atoms with Gasteiger partial charge in [-0.15, -0.1) is 5.46 Å². The average Bonchev–Trinajstić information content (AvgIpc) is 2.37. The minimum Gasteiger partial charge on any atom is -0.490 e. The zero-order chi connectivity index (χ0) is 13.9. The Labute approximate surface area is 158 Å². The van der Waals surface area contributed by atoms with Crippen molar-refractivity contribution < 1.29 is 69.1 Å². The molecule has 0 heterocycles. The molecule has 0 amide bonds. The second-order valence-electron chi connectivity index (χ2n) is 4.22. The van der Waals surface area contributed by atoms with Crippen LogP contribution in [0.2, 0.25) is 0 Å². The molecule has 0 radical (unpaired) electrons. The molecule has 0 saturated carbocycles. The molecule has 2 aromatic carbocycles. The van der Waals surface area contributed by atoms with Gasteiger partial charge in [0.15, 0.2) is 0 Å². The first-order valence-corrected chi connectivity index (χ1v) is 5.98. The van der Waals surface area contributed by atoms with Crippen LogP contribution in [0.5, 0.6) is 5.75 Å². The van der Waals surface area contributed by atoms with Gasteiger partial charge in [-0.3, -0.25) is 0 Å². The Bertz CT molecular complexity index is 611. The average molecular weight is 304 g/mol. The number of halogens is 3. The van der Waals surface area contributed by atoms with E-state index in [4.69, 9.17) is 4.74 Å². The van der Waals surface area contributed by atoms with Crippen molar-refractivity contribution in [2.24, 2.45) is 0 Å². The Morgan fingerprint density at radius 2 is 1.70 bits per heavy atom. The summed E-state index contributed by atoms with van der Waals surface area (Å²) >= 11 is 0. The molecule has 0 aromatic heterocycles. The van der Waals surface area contributed by atoms with E-state index >= 15 is 0 Å². The number of hydrogen-bond donors (Lipinski definition) is 0. The van der Waals surface area contributed by atoms with Gasteiger partial charge in [-0.25, -0.2) is 0 Å². The van der Waals surface area contributed by atoms with Crippen molar-refractivity contribution >= 4 is 23.2 Å². The van der Waals surface area contributed by atoms with Crippen LogP contribution >= 0.6 is 0 Å². The molecule has 0 atom stereocenters. The summed E-state index contributed by atoms with van der Waals surface area (Å²) in [5.41, 5.74) is -0.574. The minimum absolute atomic E-state index is 0. The Hall–Kier alpha value is -0.269. The van der Waals surface area contributed by atoms with Crippen LogP contribution in [0.25, 0.3) is 10.8 Å². The molecule has 0 bridgehead atoms. The molecular weight excluding hydrogens is 291 g/mol. The van der Waals surface area contributed by atoms with Gasteiger partial charge in [0.2, 0.25) is 0 Å². The van der Waals surface area contributed by atoms with Gasteiger partial charge in [-0.2, -0.15) is 0 Å². The molecular formula is C14H13BF3KO. The number of ether oxygens (including phenoxy) is 1. The fourth-order valence-electron chi connectivity index (χ4n) is 1.78. The number of hydrogen-bond acceptors (Lipinski definition) is 1. The van der Waals surface area contributed by atoms with E-state index in [1.165, 1.54) is 12.1 Å². The summed E-state index contributed by atoms with van der Waals surface area (Å²) in [6, 6.07) is 8.82. The first-order valence-electron chi connectivity index (χ1n) is 5.98. The zero-order valence-electron chi connectivity index (χ0n) is 11.4. The van der Waals surface area contributed by atoms with Crippen molar-refractivity contribution in [2.75, 3.05) is 6.61 Å². The number of benzene rings is 2. The summed E-state index contributed by atoms with van der Waals surface area (Å²) in [6.45, 7) is -2.61. The summed E-state index contributed by atoms with van der Waals surface area (Å²) < 4.78 is 43.3. The van der Waals surface area contributed by atoms with Gasteiger partial charge >= 0.3 is 58.4 Å². The molecule has 0 spiro atoms. The normalized spacial score (nSPS) is 11.6. The molecule has 0 aliphatic carbocycles. The molecule has 0 N–H and O–H groups in total. The van der Waals surface area contributed by atoms with E-state index in [2.05, 4.69) is 0 Å². The second kappa shape index (κ2) is 7.66. The molecule has 100 valence electrons. The fraction of sp³-hybridized carbons (Fsp3) is 0.143. The third-order valence-electron chi connectivity index (χ3n) is 2.80. The van der Waals surface area contributed by atoms with Gasteiger partial charge in [0, 0.05) is 0 Å². The van der Waals surface area contributed by atoms with Gasteiger partial charge in [-0.05, 0) is 29.8 Å². The van der Waals surface area contributed by atoms with Gasteiger partial charge in [0.1, 0.15) is 12.4 Å². The SMILES string of the molecule is CC=CCOc1ccc2cc([B-](F)(F)F)ccc2c1.[K+]. The smallest absolute Gasteiger partial charge is 0.490 e. The van der Waals surface area contributed by atoms with E-state index in [0.717, 1.165) is 11.5 Å². The maximum Gasteiger partial charge on any atom is 1.00 e. The molecule has 0 aliphatic heterocycles. The van der Waals surface area contributed by atoms with E-state index in [-0.39, 0.29) is 51.4 Å². The predicted molar refractivity (Wildman–Crippen MR) is 73.0 cm³/mol. The van der Waals surface area contributed by atoms with Crippen LogP contribution in [0.15, 0.2) is 48.6 Å². The second-order valence-corrected chi connectivity index (χ2v) is 4.22. The van der Waals surface area contributed by atoms with Crippen molar-refractivity contribution in [1.82, 2.24) is 0 Å². The minimum atomic E-state index is -4.95. The van der Waals surface area contributed by atoms with Gasteiger partial charge in [0.25, 0.3) is 0 Å². The zero-order valence-corrected chi connectivity index (χ0v) is 14.6. The molecule has 0 unspecified atom stereocenters. The molecule has 20 heavy (non-hydrogen) atoms. The van der Waals surface area contributed by atoms with Gasteiger partial charge in [0.05, 0.1) is 0 Å². The Balaban J connectivity index is 0.00000200. The third-order valence-corrected chi connectivity index (χ3v) is 2.80. The van der Waals surface area contributed by atoms with Crippen molar-refractivity contribution in [3.63, 3.8) is 0 Å². The molecule has 6 heteroatoms. The maximum absolute atomic E-state index is 12.6. The first-order chi connectivity index (χ1) is 9.00. The van der Waals surface area contributed by atoms with Crippen LogP contribution in [0.4, 0.5) is 12.9 Å². The Morgan fingerprint density at radius 1 is 1.05 bits per heavy atom. The molecule has 0 saturated heterocycles. The summed E-state index contributed by atoms with van der Waals surface area (Å²) in [4.78, 5) is 0. The summed E-state index contributed by atoms with van der Waals surface area (Å²) in [6.07, 6.45) is 3.73. The monoisotopic (exact) mass is 304 g/mol. The predicted octanol–water partition coefficient (Wildman–Crippen LogP) is 0.853. The number of fused-ring (bicyclic) bond motifs is 1. The number of allylic oxidation sites excluding steroid dienone is 1. The van der Waals surface area contributed by atoms with Crippen LogP contribution < -0.4 is 61.6 Å². The molecule has 0 aliphatic rings. The van der Waals surface area contributed by atoms with E-state index in [1.807, 2.05) is 19.1 Å². The standard InChI is InChI=1S/C14H13BF3O.K/c1-2-3-8-19-14-7-5-11-9-13(15(16,17)18)6-4-12(11)10-14;/h2-7,9-10H,8H2,1H3;/q-1;+1. The van der Waals surface area contributed by atoms with Crippen LogP contribution in [0.3, 0.4) is 0 Å². The van der Waals surface area contributed by atoms with Crippen molar-refractivity contribution in [3.8, 4) is 5.75 Å². The van der Waals surface area contributed by atoms with Crippen LogP contribution in [-0.4, -0.2) is 13.6 Å². The topological polar surface area (TPSA) is 9.23 Å².